The van der Waals surface area contributed by atoms with Gasteiger partial charge in [-0.25, -0.2) is 0 Å². The van der Waals surface area contributed by atoms with Crippen LogP contribution < -0.4 is 0 Å². The molecule has 0 N–H and O–H groups in total. The summed E-state index contributed by atoms with van der Waals surface area (Å²) < 4.78 is 5.24. The molecule has 0 aliphatic rings. The molecule has 1 heteroatoms. The van der Waals surface area contributed by atoms with Crippen molar-refractivity contribution in [2.75, 3.05) is 7.11 Å². The van der Waals surface area contributed by atoms with Crippen molar-refractivity contribution in [1.82, 2.24) is 0 Å². The van der Waals surface area contributed by atoms with Crippen molar-refractivity contribution in [1.29, 1.82) is 0 Å². The van der Waals surface area contributed by atoms with Crippen molar-refractivity contribution in [3.63, 3.8) is 0 Å². The molecule has 10 heavy (non-hydrogen) atoms. The first-order chi connectivity index (χ1) is 4.58. The van der Waals surface area contributed by atoms with E-state index < -0.39 is 0 Å². The van der Waals surface area contributed by atoms with E-state index in [2.05, 4.69) is 6.58 Å². The average molecular weight is 140 g/mol. The van der Waals surface area contributed by atoms with E-state index in [4.69, 9.17) is 4.74 Å². The number of hydrogen-bond acceptors (Lipinski definition) is 1. The molecule has 0 aromatic heterocycles. The molecule has 0 radical (unpaired) electrons. The standard InChI is InChI=1S/C9H16O/c1-6-8(7-2)9(3,4)10-5/h6-7H,1H2,2-5H3/b8-7+. The van der Waals surface area contributed by atoms with Crippen LogP contribution in [0.5, 0.6) is 0 Å². The van der Waals surface area contributed by atoms with Gasteiger partial charge in [0.2, 0.25) is 0 Å². The number of rotatable bonds is 3. The van der Waals surface area contributed by atoms with E-state index in [1.165, 1.54) is 0 Å². The number of ether oxygens (including phenoxy) is 1. The molecular weight excluding hydrogens is 124 g/mol. The van der Waals surface area contributed by atoms with Gasteiger partial charge in [-0.1, -0.05) is 18.7 Å². The van der Waals surface area contributed by atoms with Crippen LogP contribution in [0.2, 0.25) is 0 Å². The molecule has 0 rings (SSSR count). The van der Waals surface area contributed by atoms with Crippen molar-refractivity contribution in [2.24, 2.45) is 0 Å². The Morgan fingerprint density at radius 2 is 2.00 bits per heavy atom. The summed E-state index contributed by atoms with van der Waals surface area (Å²) in [6.07, 6.45) is 3.83. The summed E-state index contributed by atoms with van der Waals surface area (Å²) in [6.45, 7) is 9.72. The number of methoxy groups -OCH3 is 1. The van der Waals surface area contributed by atoms with Crippen LogP contribution in [0, 0.1) is 0 Å². The Labute approximate surface area is 63.4 Å². The van der Waals surface area contributed by atoms with Crippen LogP contribution in [0.15, 0.2) is 24.3 Å². The maximum Gasteiger partial charge on any atom is 0.0868 e. The lowest BCUT2D eigenvalue weighted by molar-refractivity contribution is 0.0580. The van der Waals surface area contributed by atoms with Gasteiger partial charge in [-0.15, -0.1) is 0 Å². The summed E-state index contributed by atoms with van der Waals surface area (Å²) in [5.41, 5.74) is 0.922. The molecule has 0 aliphatic carbocycles. The molecule has 0 aromatic carbocycles. The van der Waals surface area contributed by atoms with Crippen LogP contribution in [-0.2, 0) is 4.74 Å². The second kappa shape index (κ2) is 3.57. The minimum Gasteiger partial charge on any atom is -0.374 e. The minimum atomic E-state index is -0.198. The first-order valence-corrected chi connectivity index (χ1v) is 3.43. The van der Waals surface area contributed by atoms with Gasteiger partial charge in [0, 0.05) is 7.11 Å². The Kier molecular flexibility index (Phi) is 3.37. The van der Waals surface area contributed by atoms with E-state index in [1.807, 2.05) is 32.9 Å². The summed E-state index contributed by atoms with van der Waals surface area (Å²) in [5.74, 6) is 0. The van der Waals surface area contributed by atoms with Gasteiger partial charge in [0.1, 0.15) is 0 Å². The normalized spacial score (nSPS) is 13.4. The summed E-state index contributed by atoms with van der Waals surface area (Å²) in [4.78, 5) is 0. The average Bonchev–Trinajstić information content (AvgIpc) is 1.90. The van der Waals surface area contributed by atoms with Crippen LogP contribution in [-0.4, -0.2) is 12.7 Å². The molecule has 0 bridgehead atoms. The molecule has 0 fully saturated rings. The topological polar surface area (TPSA) is 9.23 Å². The molecule has 0 saturated carbocycles. The molecule has 1 nitrogen and oxygen atoms in total. The lowest BCUT2D eigenvalue weighted by atomic mass is 9.98. The number of allylic oxidation sites excluding steroid dienone is 1. The van der Waals surface area contributed by atoms with Gasteiger partial charge in [0.25, 0.3) is 0 Å². The highest BCUT2D eigenvalue weighted by Crippen LogP contribution is 2.19. The smallest absolute Gasteiger partial charge is 0.0868 e. The van der Waals surface area contributed by atoms with Gasteiger partial charge in [0.05, 0.1) is 5.60 Å². The highest BCUT2D eigenvalue weighted by atomic mass is 16.5. The summed E-state index contributed by atoms with van der Waals surface area (Å²) in [7, 11) is 1.70. The van der Waals surface area contributed by atoms with Gasteiger partial charge in [-0.2, -0.15) is 0 Å². The fraction of sp³-hybridized carbons (Fsp3) is 0.556. The van der Waals surface area contributed by atoms with E-state index in [9.17, 15) is 0 Å². The van der Waals surface area contributed by atoms with Gasteiger partial charge in [-0.3, -0.25) is 0 Å². The third-order valence-corrected chi connectivity index (χ3v) is 1.74. The molecule has 0 atom stereocenters. The Morgan fingerprint density at radius 3 is 2.10 bits per heavy atom. The second-order valence-corrected chi connectivity index (χ2v) is 2.66. The Hall–Kier alpha value is -0.560. The zero-order valence-electron chi connectivity index (χ0n) is 7.27. The highest BCUT2D eigenvalue weighted by molar-refractivity contribution is 5.24. The van der Waals surface area contributed by atoms with Crippen molar-refractivity contribution in [3.05, 3.63) is 24.3 Å². The first kappa shape index (κ1) is 9.44. The molecule has 0 spiro atoms. The predicted octanol–water partition coefficient (Wildman–Crippen LogP) is 2.54. The molecule has 0 amide bonds. The molecule has 0 aliphatic heterocycles. The lowest BCUT2D eigenvalue weighted by Gasteiger charge is -2.23. The largest absolute Gasteiger partial charge is 0.374 e. The number of hydrogen-bond donors (Lipinski definition) is 0. The van der Waals surface area contributed by atoms with Crippen molar-refractivity contribution >= 4 is 0 Å². The van der Waals surface area contributed by atoms with E-state index in [-0.39, 0.29) is 5.60 Å². The maximum absolute atomic E-state index is 5.24. The molecular formula is C9H16O. The lowest BCUT2D eigenvalue weighted by Crippen LogP contribution is -2.24. The van der Waals surface area contributed by atoms with Crippen molar-refractivity contribution in [3.8, 4) is 0 Å². The SMILES string of the molecule is C=C/C(=C\C)C(C)(C)OC. The van der Waals surface area contributed by atoms with Gasteiger partial charge >= 0.3 is 0 Å². The second-order valence-electron chi connectivity index (χ2n) is 2.66. The third-order valence-electron chi connectivity index (χ3n) is 1.74. The summed E-state index contributed by atoms with van der Waals surface area (Å²) >= 11 is 0. The molecule has 0 unspecified atom stereocenters. The van der Waals surface area contributed by atoms with Crippen molar-refractivity contribution < 1.29 is 4.74 Å². The highest BCUT2D eigenvalue weighted by Gasteiger charge is 2.18. The van der Waals surface area contributed by atoms with Gasteiger partial charge in [-0.05, 0) is 26.3 Å². The van der Waals surface area contributed by atoms with Crippen LogP contribution in [0.3, 0.4) is 0 Å². The first-order valence-electron chi connectivity index (χ1n) is 3.43. The zero-order valence-corrected chi connectivity index (χ0v) is 7.27. The quantitative estimate of drug-likeness (QED) is 0.547. The van der Waals surface area contributed by atoms with Crippen LogP contribution in [0.4, 0.5) is 0 Å². The Morgan fingerprint density at radius 1 is 1.50 bits per heavy atom. The molecule has 0 aromatic rings. The van der Waals surface area contributed by atoms with E-state index >= 15 is 0 Å². The third kappa shape index (κ3) is 1.99. The van der Waals surface area contributed by atoms with E-state index in [0.717, 1.165) is 5.57 Å². The molecule has 0 saturated heterocycles. The minimum absolute atomic E-state index is 0.198. The van der Waals surface area contributed by atoms with Crippen LogP contribution >= 0.6 is 0 Å². The Balaban J connectivity index is 4.43. The Bertz CT molecular complexity index is 143. The fourth-order valence-electron chi connectivity index (χ4n) is 0.829. The van der Waals surface area contributed by atoms with E-state index in [0.29, 0.717) is 0 Å². The summed E-state index contributed by atoms with van der Waals surface area (Å²) in [6, 6.07) is 0. The maximum atomic E-state index is 5.24. The fourth-order valence-corrected chi connectivity index (χ4v) is 0.829. The van der Waals surface area contributed by atoms with Crippen molar-refractivity contribution in [2.45, 2.75) is 26.4 Å². The van der Waals surface area contributed by atoms with Gasteiger partial charge in [0.15, 0.2) is 0 Å². The predicted molar refractivity (Wildman–Crippen MR) is 45.0 cm³/mol. The zero-order chi connectivity index (χ0) is 8.20. The monoisotopic (exact) mass is 140 g/mol. The molecule has 0 heterocycles. The van der Waals surface area contributed by atoms with Gasteiger partial charge < -0.3 is 4.74 Å². The van der Waals surface area contributed by atoms with Crippen LogP contribution in [0.25, 0.3) is 0 Å². The van der Waals surface area contributed by atoms with Crippen LogP contribution in [0.1, 0.15) is 20.8 Å². The van der Waals surface area contributed by atoms with E-state index in [1.54, 1.807) is 7.11 Å². The summed E-state index contributed by atoms with van der Waals surface area (Å²) in [5, 5.41) is 0. The molecule has 58 valence electrons.